The number of thiazole rings is 1. The summed E-state index contributed by atoms with van der Waals surface area (Å²) in [5.74, 6) is 0.534. The normalized spacial score (nSPS) is 10.8. The Labute approximate surface area is 125 Å². The standard InChI is InChI=1S/C14H14N4O2S/c1-9-6-10(2)18(17-9)7-13(19)16-14-15-11(8-21-14)12-4-3-5-20-12/h3-6,8H,7H2,1-2H3,(H,15,16,19). The van der Waals surface area contributed by atoms with Gasteiger partial charge in [0.1, 0.15) is 12.2 Å². The van der Waals surface area contributed by atoms with Crippen LogP contribution in [0.25, 0.3) is 11.5 Å². The van der Waals surface area contributed by atoms with Gasteiger partial charge < -0.3 is 9.73 Å². The molecule has 1 amide bonds. The Bertz CT molecular complexity index is 758. The van der Waals surface area contributed by atoms with Crippen molar-refractivity contribution in [1.29, 1.82) is 0 Å². The molecule has 3 aromatic rings. The van der Waals surface area contributed by atoms with Gasteiger partial charge in [0, 0.05) is 11.1 Å². The van der Waals surface area contributed by atoms with Crippen LogP contribution in [0.15, 0.2) is 34.3 Å². The monoisotopic (exact) mass is 302 g/mol. The molecule has 1 N–H and O–H groups in total. The van der Waals surface area contributed by atoms with Crippen molar-refractivity contribution >= 4 is 22.4 Å². The van der Waals surface area contributed by atoms with Gasteiger partial charge >= 0.3 is 0 Å². The molecule has 0 aliphatic heterocycles. The molecule has 0 atom stereocenters. The number of carbonyl (C=O) groups excluding carboxylic acids is 1. The van der Waals surface area contributed by atoms with Crippen molar-refractivity contribution in [3.63, 3.8) is 0 Å². The summed E-state index contributed by atoms with van der Waals surface area (Å²) in [7, 11) is 0. The molecular formula is C14H14N4O2S. The number of rotatable bonds is 4. The fourth-order valence-electron chi connectivity index (χ4n) is 2.00. The van der Waals surface area contributed by atoms with Gasteiger partial charge in [-0.15, -0.1) is 11.3 Å². The van der Waals surface area contributed by atoms with Gasteiger partial charge in [0.2, 0.25) is 5.91 Å². The van der Waals surface area contributed by atoms with Gasteiger partial charge in [0.25, 0.3) is 0 Å². The van der Waals surface area contributed by atoms with E-state index in [4.69, 9.17) is 4.42 Å². The second-order valence-corrected chi connectivity index (χ2v) is 5.51. The smallest absolute Gasteiger partial charge is 0.247 e. The van der Waals surface area contributed by atoms with Crippen molar-refractivity contribution in [2.45, 2.75) is 20.4 Å². The summed E-state index contributed by atoms with van der Waals surface area (Å²) < 4.78 is 6.94. The Balaban J connectivity index is 1.66. The summed E-state index contributed by atoms with van der Waals surface area (Å²) >= 11 is 1.36. The molecule has 0 aliphatic carbocycles. The largest absolute Gasteiger partial charge is 0.463 e. The van der Waals surface area contributed by atoms with E-state index in [0.717, 1.165) is 11.4 Å². The van der Waals surface area contributed by atoms with Gasteiger partial charge in [-0.05, 0) is 32.0 Å². The third-order valence-electron chi connectivity index (χ3n) is 2.92. The molecule has 0 bridgehead atoms. The minimum absolute atomic E-state index is 0.151. The number of nitrogens with zero attached hydrogens (tertiary/aromatic N) is 3. The Morgan fingerprint density at radius 3 is 3.00 bits per heavy atom. The van der Waals surface area contributed by atoms with Crippen molar-refractivity contribution in [2.75, 3.05) is 5.32 Å². The summed E-state index contributed by atoms with van der Waals surface area (Å²) in [4.78, 5) is 16.3. The molecular weight excluding hydrogens is 288 g/mol. The Morgan fingerprint density at radius 2 is 2.33 bits per heavy atom. The number of aromatic nitrogens is 3. The zero-order chi connectivity index (χ0) is 14.8. The van der Waals surface area contributed by atoms with E-state index < -0.39 is 0 Å². The number of amides is 1. The van der Waals surface area contributed by atoms with Crippen molar-refractivity contribution in [3.8, 4) is 11.5 Å². The van der Waals surface area contributed by atoms with E-state index in [1.807, 2.05) is 31.4 Å². The van der Waals surface area contributed by atoms with Crippen molar-refractivity contribution < 1.29 is 9.21 Å². The Hall–Kier alpha value is -2.41. The first-order valence-electron chi connectivity index (χ1n) is 6.42. The minimum Gasteiger partial charge on any atom is -0.463 e. The number of hydrogen-bond donors (Lipinski definition) is 1. The van der Waals surface area contributed by atoms with Gasteiger partial charge in [-0.25, -0.2) is 4.98 Å². The lowest BCUT2D eigenvalue weighted by Gasteiger charge is -2.03. The SMILES string of the molecule is Cc1cc(C)n(CC(=O)Nc2nc(-c3ccco3)cs2)n1. The summed E-state index contributed by atoms with van der Waals surface area (Å²) in [5, 5.41) is 9.43. The lowest BCUT2D eigenvalue weighted by Crippen LogP contribution is -2.20. The van der Waals surface area contributed by atoms with Crippen LogP contribution in [0.4, 0.5) is 5.13 Å². The number of aryl methyl sites for hydroxylation is 2. The third kappa shape index (κ3) is 3.03. The maximum absolute atomic E-state index is 12.0. The van der Waals surface area contributed by atoms with Gasteiger partial charge in [-0.1, -0.05) is 0 Å². The molecule has 3 rings (SSSR count). The summed E-state index contributed by atoms with van der Waals surface area (Å²) in [6.07, 6.45) is 1.59. The highest BCUT2D eigenvalue weighted by molar-refractivity contribution is 7.14. The average molecular weight is 302 g/mol. The van der Waals surface area contributed by atoms with Gasteiger partial charge in [0.15, 0.2) is 10.9 Å². The van der Waals surface area contributed by atoms with E-state index in [9.17, 15) is 4.79 Å². The molecule has 0 unspecified atom stereocenters. The highest BCUT2D eigenvalue weighted by Crippen LogP contribution is 2.25. The molecule has 3 aromatic heterocycles. The van der Waals surface area contributed by atoms with E-state index in [1.165, 1.54) is 11.3 Å². The van der Waals surface area contributed by atoms with Crippen LogP contribution in [0, 0.1) is 13.8 Å². The number of furan rings is 1. The highest BCUT2D eigenvalue weighted by atomic mass is 32.1. The molecule has 21 heavy (non-hydrogen) atoms. The van der Waals surface area contributed by atoms with Crippen LogP contribution in [-0.2, 0) is 11.3 Å². The Kier molecular flexibility index (Phi) is 3.57. The average Bonchev–Trinajstić information content (AvgIpc) is 3.11. The minimum atomic E-state index is -0.151. The molecule has 0 saturated carbocycles. The lowest BCUT2D eigenvalue weighted by molar-refractivity contribution is -0.116. The first kappa shape index (κ1) is 13.6. The van der Waals surface area contributed by atoms with Gasteiger partial charge in [0.05, 0.1) is 12.0 Å². The number of carbonyl (C=O) groups is 1. The lowest BCUT2D eigenvalue weighted by atomic mass is 10.4. The number of hydrogen-bond acceptors (Lipinski definition) is 5. The molecule has 0 saturated heterocycles. The zero-order valence-electron chi connectivity index (χ0n) is 11.7. The second kappa shape index (κ2) is 5.53. The molecule has 0 aliphatic rings. The van der Waals surface area contributed by atoms with Crippen LogP contribution in [0.3, 0.4) is 0 Å². The third-order valence-corrected chi connectivity index (χ3v) is 3.68. The van der Waals surface area contributed by atoms with Crippen molar-refractivity contribution in [3.05, 3.63) is 41.2 Å². The number of nitrogens with one attached hydrogen (secondary N) is 1. The van der Waals surface area contributed by atoms with Crippen LogP contribution >= 0.6 is 11.3 Å². The Morgan fingerprint density at radius 1 is 1.48 bits per heavy atom. The van der Waals surface area contributed by atoms with E-state index in [0.29, 0.717) is 16.6 Å². The predicted molar refractivity (Wildman–Crippen MR) is 80.1 cm³/mol. The van der Waals surface area contributed by atoms with Crippen molar-refractivity contribution in [1.82, 2.24) is 14.8 Å². The van der Waals surface area contributed by atoms with Crippen LogP contribution < -0.4 is 5.32 Å². The molecule has 108 valence electrons. The topological polar surface area (TPSA) is 73.0 Å². The van der Waals surface area contributed by atoms with E-state index in [1.54, 1.807) is 17.0 Å². The molecule has 0 aromatic carbocycles. The molecule has 7 heteroatoms. The molecule has 0 fully saturated rings. The highest BCUT2D eigenvalue weighted by Gasteiger charge is 2.11. The van der Waals surface area contributed by atoms with Crippen molar-refractivity contribution in [2.24, 2.45) is 0 Å². The van der Waals surface area contributed by atoms with E-state index in [-0.39, 0.29) is 12.5 Å². The summed E-state index contributed by atoms with van der Waals surface area (Å²) in [6.45, 7) is 4.00. The van der Waals surface area contributed by atoms with Gasteiger partial charge in [-0.2, -0.15) is 5.10 Å². The molecule has 3 heterocycles. The maximum Gasteiger partial charge on any atom is 0.247 e. The number of anilines is 1. The fraction of sp³-hybridized carbons (Fsp3) is 0.214. The van der Waals surface area contributed by atoms with Crippen LogP contribution in [-0.4, -0.2) is 20.7 Å². The second-order valence-electron chi connectivity index (χ2n) is 4.65. The van der Waals surface area contributed by atoms with Crippen LogP contribution in [0.5, 0.6) is 0 Å². The van der Waals surface area contributed by atoms with E-state index in [2.05, 4.69) is 15.4 Å². The molecule has 0 radical (unpaired) electrons. The fourth-order valence-corrected chi connectivity index (χ4v) is 2.71. The van der Waals surface area contributed by atoms with Crippen LogP contribution in [0.1, 0.15) is 11.4 Å². The summed E-state index contributed by atoms with van der Waals surface area (Å²) in [5.41, 5.74) is 2.57. The predicted octanol–water partition coefficient (Wildman–Crippen LogP) is 2.86. The molecule has 0 spiro atoms. The summed E-state index contributed by atoms with van der Waals surface area (Å²) in [6, 6.07) is 5.57. The maximum atomic E-state index is 12.0. The quantitative estimate of drug-likeness (QED) is 0.804. The van der Waals surface area contributed by atoms with Gasteiger partial charge in [-0.3, -0.25) is 9.48 Å². The first-order chi connectivity index (χ1) is 10.1. The molecule has 6 nitrogen and oxygen atoms in total. The first-order valence-corrected chi connectivity index (χ1v) is 7.30. The zero-order valence-corrected chi connectivity index (χ0v) is 12.5. The van der Waals surface area contributed by atoms with E-state index >= 15 is 0 Å². The van der Waals surface area contributed by atoms with Crippen LogP contribution in [0.2, 0.25) is 0 Å².